The Morgan fingerprint density at radius 2 is 0.950 bits per heavy atom. The summed E-state index contributed by atoms with van der Waals surface area (Å²) < 4.78 is 0. The van der Waals surface area contributed by atoms with Gasteiger partial charge in [0.2, 0.25) is 0 Å². The van der Waals surface area contributed by atoms with E-state index in [2.05, 4.69) is 84.9 Å². The number of hydrogen-bond donors (Lipinski definition) is 0. The van der Waals surface area contributed by atoms with E-state index in [9.17, 15) is 0 Å². The molecule has 94 valence electrons. The van der Waals surface area contributed by atoms with Gasteiger partial charge in [0.1, 0.15) is 0 Å². The summed E-state index contributed by atoms with van der Waals surface area (Å²) in [5.41, 5.74) is 0. The Hall–Kier alpha value is -0.574. The number of benzene rings is 2. The van der Waals surface area contributed by atoms with Crippen molar-refractivity contribution in [3.63, 3.8) is 0 Å². The summed E-state index contributed by atoms with van der Waals surface area (Å²) in [5.74, 6) is 0. The maximum absolute atomic E-state index is 2.12. The molecule has 0 aliphatic carbocycles. The molecule has 4 aromatic carbocycles. The first-order valence-corrected chi connectivity index (χ1v) is 6.14. The SMILES string of the molecule is [Zr+2].[Zr].c1ccc2[cH-]ccc2c1.c1ccc2[cH-]ccc2c1. The van der Waals surface area contributed by atoms with Crippen LogP contribution in [0.4, 0.5) is 0 Å². The van der Waals surface area contributed by atoms with Crippen molar-refractivity contribution in [2.75, 3.05) is 0 Å². The predicted octanol–water partition coefficient (Wildman–Crippen LogP) is 5.11. The van der Waals surface area contributed by atoms with Crippen LogP contribution in [0.3, 0.4) is 0 Å². The molecule has 0 nitrogen and oxygen atoms in total. The molecule has 0 radical (unpaired) electrons. The fourth-order valence-electron chi connectivity index (χ4n) is 2.14. The largest absolute Gasteiger partial charge is 2.00 e. The van der Waals surface area contributed by atoms with Crippen LogP contribution in [0.5, 0.6) is 0 Å². The van der Waals surface area contributed by atoms with Gasteiger partial charge < -0.3 is 0 Å². The van der Waals surface area contributed by atoms with Crippen LogP contribution in [0, 0.1) is 0 Å². The summed E-state index contributed by atoms with van der Waals surface area (Å²) >= 11 is 0. The molecule has 0 saturated heterocycles. The Labute approximate surface area is 157 Å². The summed E-state index contributed by atoms with van der Waals surface area (Å²) in [5, 5.41) is 5.32. The maximum Gasteiger partial charge on any atom is 2.00 e. The molecule has 4 aromatic rings. The van der Waals surface area contributed by atoms with Gasteiger partial charge in [0.05, 0.1) is 0 Å². The second-order valence-electron chi connectivity index (χ2n) is 4.31. The molecule has 0 amide bonds. The summed E-state index contributed by atoms with van der Waals surface area (Å²) in [6.45, 7) is 0. The fraction of sp³-hybridized carbons (Fsp3) is 0. The van der Waals surface area contributed by atoms with Crippen LogP contribution >= 0.6 is 0 Å². The average Bonchev–Trinajstić information content (AvgIpc) is 3.08. The molecule has 0 N–H and O–H groups in total. The van der Waals surface area contributed by atoms with Crippen LogP contribution in [-0.2, 0) is 52.4 Å². The van der Waals surface area contributed by atoms with Crippen LogP contribution in [0.25, 0.3) is 21.5 Å². The number of hydrogen-bond acceptors (Lipinski definition) is 0. The van der Waals surface area contributed by atoms with Crippen LogP contribution in [0.1, 0.15) is 0 Å². The van der Waals surface area contributed by atoms with Gasteiger partial charge in [-0.1, -0.05) is 12.1 Å². The first-order chi connectivity index (χ1) is 8.93. The third-order valence-electron chi connectivity index (χ3n) is 3.10. The van der Waals surface area contributed by atoms with E-state index in [4.69, 9.17) is 0 Å². The summed E-state index contributed by atoms with van der Waals surface area (Å²) in [4.78, 5) is 0. The third kappa shape index (κ3) is 4.21. The molecule has 4 rings (SSSR count). The molecule has 0 aliphatic heterocycles. The Morgan fingerprint density at radius 3 is 1.35 bits per heavy atom. The average molecular weight is 413 g/mol. The van der Waals surface area contributed by atoms with Gasteiger partial charge in [0, 0.05) is 26.2 Å². The van der Waals surface area contributed by atoms with Crippen molar-refractivity contribution in [3.05, 3.63) is 84.9 Å². The van der Waals surface area contributed by atoms with E-state index < -0.39 is 0 Å². The Balaban J connectivity index is 0.000000182. The molecule has 0 saturated carbocycles. The molecular formula is C18H14Zr2. The van der Waals surface area contributed by atoms with Gasteiger partial charge in [-0.25, -0.2) is 0 Å². The van der Waals surface area contributed by atoms with Crippen molar-refractivity contribution in [2.45, 2.75) is 0 Å². The quantitative estimate of drug-likeness (QED) is 0.352. The summed E-state index contributed by atoms with van der Waals surface area (Å²) in [6.07, 6.45) is 0. The van der Waals surface area contributed by atoms with E-state index >= 15 is 0 Å². The second-order valence-corrected chi connectivity index (χ2v) is 4.31. The molecule has 0 atom stereocenters. The van der Waals surface area contributed by atoms with Crippen molar-refractivity contribution in [3.8, 4) is 0 Å². The summed E-state index contributed by atoms with van der Waals surface area (Å²) in [6, 6.07) is 29.3. The van der Waals surface area contributed by atoms with Gasteiger partial charge in [0.25, 0.3) is 0 Å². The minimum Gasteiger partial charge on any atom is -0.168 e. The van der Waals surface area contributed by atoms with Crippen LogP contribution in [0.15, 0.2) is 84.9 Å². The number of rotatable bonds is 0. The van der Waals surface area contributed by atoms with Crippen LogP contribution in [0.2, 0.25) is 0 Å². The minimum absolute atomic E-state index is 0. The fourth-order valence-corrected chi connectivity index (χ4v) is 2.14. The van der Waals surface area contributed by atoms with Crippen molar-refractivity contribution in [2.24, 2.45) is 0 Å². The van der Waals surface area contributed by atoms with E-state index in [-0.39, 0.29) is 52.4 Å². The zero-order chi connectivity index (χ0) is 12.2. The number of fused-ring (bicyclic) bond motifs is 2. The molecule has 20 heavy (non-hydrogen) atoms. The van der Waals surface area contributed by atoms with E-state index in [0.29, 0.717) is 0 Å². The molecule has 0 heterocycles. The van der Waals surface area contributed by atoms with E-state index in [0.717, 1.165) is 0 Å². The first-order valence-electron chi connectivity index (χ1n) is 6.14. The molecule has 0 aromatic heterocycles. The van der Waals surface area contributed by atoms with Gasteiger partial charge in [-0.05, 0) is 0 Å². The normalized spacial score (nSPS) is 9.20. The minimum atomic E-state index is 0. The van der Waals surface area contributed by atoms with Gasteiger partial charge in [-0.15, -0.1) is 59.3 Å². The van der Waals surface area contributed by atoms with Gasteiger partial charge in [0.15, 0.2) is 0 Å². The van der Waals surface area contributed by atoms with Crippen LogP contribution in [-0.4, -0.2) is 0 Å². The van der Waals surface area contributed by atoms with E-state index in [1.807, 2.05) is 0 Å². The Kier molecular flexibility index (Phi) is 7.56. The molecule has 0 aliphatic rings. The zero-order valence-corrected chi connectivity index (χ0v) is 16.0. The molecule has 0 bridgehead atoms. The first kappa shape index (κ1) is 17.5. The third-order valence-corrected chi connectivity index (χ3v) is 3.10. The maximum atomic E-state index is 2.12. The zero-order valence-electron chi connectivity index (χ0n) is 11.1. The molecular weight excluding hydrogens is 399 g/mol. The van der Waals surface area contributed by atoms with E-state index in [1.165, 1.54) is 21.5 Å². The standard InChI is InChI=1S/2C9H7.2Zr/c2*1-2-5-9-7-3-6-8(9)4-1;;/h2*1-7H;;/q2*-1;;+2. The monoisotopic (exact) mass is 410 g/mol. The Bertz CT molecular complexity index is 623. The second kappa shape index (κ2) is 8.66. The van der Waals surface area contributed by atoms with Crippen molar-refractivity contribution >= 4 is 21.5 Å². The van der Waals surface area contributed by atoms with Crippen molar-refractivity contribution in [1.82, 2.24) is 0 Å². The van der Waals surface area contributed by atoms with Gasteiger partial charge in [-0.2, -0.15) is 35.0 Å². The molecule has 0 spiro atoms. The molecule has 0 fully saturated rings. The smallest absolute Gasteiger partial charge is 0.168 e. The van der Waals surface area contributed by atoms with E-state index in [1.54, 1.807) is 0 Å². The van der Waals surface area contributed by atoms with Crippen molar-refractivity contribution < 1.29 is 52.4 Å². The van der Waals surface area contributed by atoms with Gasteiger partial charge >= 0.3 is 26.2 Å². The van der Waals surface area contributed by atoms with Crippen molar-refractivity contribution in [1.29, 1.82) is 0 Å². The summed E-state index contributed by atoms with van der Waals surface area (Å²) in [7, 11) is 0. The predicted molar refractivity (Wildman–Crippen MR) is 79.1 cm³/mol. The van der Waals surface area contributed by atoms with Gasteiger partial charge in [-0.3, -0.25) is 0 Å². The van der Waals surface area contributed by atoms with Crippen LogP contribution < -0.4 is 0 Å². The molecule has 2 heteroatoms. The molecule has 0 unspecified atom stereocenters. The topological polar surface area (TPSA) is 0 Å². The Morgan fingerprint density at radius 1 is 0.550 bits per heavy atom.